The number of hydrogen-bond donors (Lipinski definition) is 1. The zero-order chi connectivity index (χ0) is 10.5. The van der Waals surface area contributed by atoms with Crippen LogP contribution in [0.3, 0.4) is 0 Å². The summed E-state index contributed by atoms with van der Waals surface area (Å²) >= 11 is 0. The number of hydrogen-bond acceptors (Lipinski definition) is 1. The minimum absolute atomic E-state index is 0. The van der Waals surface area contributed by atoms with E-state index in [4.69, 9.17) is 0 Å². The van der Waals surface area contributed by atoms with Crippen molar-refractivity contribution in [2.75, 3.05) is 33.7 Å². The number of rotatable bonds is 5. The van der Waals surface area contributed by atoms with Gasteiger partial charge >= 0.3 is 0 Å². The molecule has 0 aliphatic rings. The Labute approximate surface area is 93.2 Å². The van der Waals surface area contributed by atoms with Gasteiger partial charge in [-0.25, -0.2) is 0 Å². The van der Waals surface area contributed by atoms with Gasteiger partial charge in [0, 0.05) is 5.57 Å². The molecule has 0 atom stereocenters. The zero-order valence-corrected chi connectivity index (χ0v) is 10.3. The molecule has 0 radical (unpaired) electrons. The van der Waals surface area contributed by atoms with Crippen LogP contribution in [-0.4, -0.2) is 44.1 Å². The lowest BCUT2D eigenvalue weighted by Crippen LogP contribution is -3.00. The monoisotopic (exact) mass is 220 g/mol. The minimum atomic E-state index is -0.0453. The highest BCUT2D eigenvalue weighted by molar-refractivity contribution is 5.91. The second-order valence-electron chi connectivity index (χ2n) is 4.01. The van der Waals surface area contributed by atoms with E-state index in [0.717, 1.165) is 17.6 Å². The molecule has 0 aliphatic heterocycles. The van der Waals surface area contributed by atoms with Crippen LogP contribution in [0.25, 0.3) is 0 Å². The third kappa shape index (κ3) is 6.92. The summed E-state index contributed by atoms with van der Waals surface area (Å²) in [4.78, 5) is 11.1. The minimum Gasteiger partial charge on any atom is -1.00 e. The van der Waals surface area contributed by atoms with Crippen molar-refractivity contribution < 1.29 is 21.7 Å². The maximum atomic E-state index is 11.1. The van der Waals surface area contributed by atoms with Gasteiger partial charge in [0.1, 0.15) is 0 Å². The van der Waals surface area contributed by atoms with E-state index in [-0.39, 0.29) is 18.3 Å². The first kappa shape index (κ1) is 15.9. The maximum absolute atomic E-state index is 11.1. The predicted octanol–water partition coefficient (Wildman–Crippen LogP) is -2.22. The molecule has 1 N–H and O–H groups in total. The van der Waals surface area contributed by atoms with E-state index in [9.17, 15) is 4.79 Å². The van der Waals surface area contributed by atoms with Crippen LogP contribution in [0.4, 0.5) is 0 Å². The van der Waals surface area contributed by atoms with Crippen molar-refractivity contribution in [3.05, 3.63) is 12.2 Å². The largest absolute Gasteiger partial charge is 1.00 e. The van der Waals surface area contributed by atoms with Gasteiger partial charge in [0.25, 0.3) is 0 Å². The summed E-state index contributed by atoms with van der Waals surface area (Å²) in [5.74, 6) is -0.0453. The van der Waals surface area contributed by atoms with Crippen LogP contribution in [0.1, 0.15) is 13.8 Å². The standard InChI is InChI=1S/C10H20N2O.ClH/c1-6-12(4,5)8-7-11-10(13)9(2)3;/h2,6-8H2,1,3-5H3;1H. The number of likely N-dealkylation sites (N-methyl/N-ethyl adjacent to an activating group) is 1. The van der Waals surface area contributed by atoms with E-state index in [2.05, 4.69) is 32.9 Å². The molecule has 0 saturated heterocycles. The summed E-state index contributed by atoms with van der Waals surface area (Å²) in [5.41, 5.74) is 0.571. The van der Waals surface area contributed by atoms with Gasteiger partial charge in [0.05, 0.1) is 33.7 Å². The van der Waals surface area contributed by atoms with Gasteiger partial charge in [-0.15, -0.1) is 0 Å². The van der Waals surface area contributed by atoms with E-state index in [1.54, 1.807) is 6.92 Å². The fraction of sp³-hybridized carbons (Fsp3) is 0.700. The molecular formula is C10H21ClN2O. The second kappa shape index (κ2) is 6.85. The molecular weight excluding hydrogens is 200 g/mol. The molecule has 0 aromatic rings. The van der Waals surface area contributed by atoms with Gasteiger partial charge in [-0.2, -0.15) is 0 Å². The van der Waals surface area contributed by atoms with Gasteiger partial charge in [-0.3, -0.25) is 4.79 Å². The number of nitrogens with one attached hydrogen (secondary N) is 1. The molecule has 3 nitrogen and oxygen atoms in total. The van der Waals surface area contributed by atoms with Gasteiger partial charge in [0.2, 0.25) is 5.91 Å². The van der Waals surface area contributed by atoms with Gasteiger partial charge < -0.3 is 22.2 Å². The molecule has 4 heteroatoms. The van der Waals surface area contributed by atoms with Gasteiger partial charge in [-0.05, 0) is 13.8 Å². The van der Waals surface area contributed by atoms with Crippen molar-refractivity contribution in [1.82, 2.24) is 5.32 Å². The Morgan fingerprint density at radius 2 is 1.93 bits per heavy atom. The lowest BCUT2D eigenvalue weighted by atomic mass is 10.3. The molecule has 0 heterocycles. The maximum Gasteiger partial charge on any atom is 0.246 e. The van der Waals surface area contributed by atoms with Crippen molar-refractivity contribution in [2.24, 2.45) is 0 Å². The van der Waals surface area contributed by atoms with Crippen molar-refractivity contribution in [2.45, 2.75) is 13.8 Å². The van der Waals surface area contributed by atoms with E-state index >= 15 is 0 Å². The SMILES string of the molecule is C=C(C)C(=O)NCC[N+](C)(C)CC.[Cl-]. The molecule has 0 unspecified atom stereocenters. The normalized spacial score (nSPS) is 10.3. The summed E-state index contributed by atoms with van der Waals surface area (Å²) in [5, 5.41) is 2.82. The average molecular weight is 221 g/mol. The molecule has 0 fully saturated rings. The number of carbonyl (C=O) groups excluding carboxylic acids is 1. The number of amides is 1. The predicted molar refractivity (Wildman–Crippen MR) is 55.3 cm³/mol. The summed E-state index contributed by atoms with van der Waals surface area (Å²) in [6.07, 6.45) is 0. The summed E-state index contributed by atoms with van der Waals surface area (Å²) in [6, 6.07) is 0. The smallest absolute Gasteiger partial charge is 0.246 e. The topological polar surface area (TPSA) is 29.1 Å². The fourth-order valence-corrected chi connectivity index (χ4v) is 0.781. The van der Waals surface area contributed by atoms with Crippen molar-refractivity contribution >= 4 is 5.91 Å². The van der Waals surface area contributed by atoms with Crippen LogP contribution in [0, 0.1) is 0 Å². The second-order valence-corrected chi connectivity index (χ2v) is 4.01. The van der Waals surface area contributed by atoms with Crippen LogP contribution in [0.15, 0.2) is 12.2 Å². The summed E-state index contributed by atoms with van der Waals surface area (Å²) in [6.45, 7) is 10.2. The van der Waals surface area contributed by atoms with Crippen molar-refractivity contribution in [1.29, 1.82) is 0 Å². The van der Waals surface area contributed by atoms with Gasteiger partial charge in [-0.1, -0.05) is 6.58 Å². The number of halogens is 1. The van der Waals surface area contributed by atoms with E-state index < -0.39 is 0 Å². The molecule has 0 saturated carbocycles. The van der Waals surface area contributed by atoms with Crippen LogP contribution >= 0.6 is 0 Å². The third-order valence-electron chi connectivity index (χ3n) is 2.25. The first-order valence-electron chi connectivity index (χ1n) is 4.65. The molecule has 0 rings (SSSR count). The molecule has 0 aromatic heterocycles. The highest BCUT2D eigenvalue weighted by Gasteiger charge is 2.11. The van der Waals surface area contributed by atoms with Crippen LogP contribution in [0.5, 0.6) is 0 Å². The Hall–Kier alpha value is -0.540. The Morgan fingerprint density at radius 3 is 2.29 bits per heavy atom. The van der Waals surface area contributed by atoms with Crippen molar-refractivity contribution in [3.63, 3.8) is 0 Å². The molecule has 84 valence electrons. The number of carbonyl (C=O) groups is 1. The lowest BCUT2D eigenvalue weighted by Gasteiger charge is -2.28. The molecule has 0 spiro atoms. The number of nitrogens with zero attached hydrogens (tertiary/aromatic N) is 1. The fourth-order valence-electron chi connectivity index (χ4n) is 0.781. The average Bonchev–Trinajstić information content (AvgIpc) is 2.04. The first-order valence-corrected chi connectivity index (χ1v) is 4.65. The third-order valence-corrected chi connectivity index (χ3v) is 2.25. The van der Waals surface area contributed by atoms with Crippen LogP contribution in [0.2, 0.25) is 0 Å². The Morgan fingerprint density at radius 1 is 1.43 bits per heavy atom. The first-order chi connectivity index (χ1) is 5.89. The summed E-state index contributed by atoms with van der Waals surface area (Å²) in [7, 11) is 4.29. The Kier molecular flexibility index (Phi) is 7.78. The van der Waals surface area contributed by atoms with E-state index in [1.165, 1.54) is 0 Å². The van der Waals surface area contributed by atoms with Crippen LogP contribution in [-0.2, 0) is 4.79 Å². The molecule has 0 aromatic carbocycles. The van der Waals surface area contributed by atoms with E-state index in [0.29, 0.717) is 12.1 Å². The lowest BCUT2D eigenvalue weighted by molar-refractivity contribution is -0.887. The molecule has 0 bridgehead atoms. The quantitative estimate of drug-likeness (QED) is 0.413. The van der Waals surface area contributed by atoms with E-state index in [1.807, 2.05) is 0 Å². The Balaban J connectivity index is 0. The molecule has 1 amide bonds. The van der Waals surface area contributed by atoms with Gasteiger partial charge in [0.15, 0.2) is 0 Å². The highest BCUT2D eigenvalue weighted by atomic mass is 35.5. The zero-order valence-electron chi connectivity index (χ0n) is 9.56. The Bertz CT molecular complexity index is 202. The number of quaternary nitrogens is 1. The van der Waals surface area contributed by atoms with Crippen molar-refractivity contribution in [3.8, 4) is 0 Å². The highest BCUT2D eigenvalue weighted by Crippen LogP contribution is 1.93. The molecule has 14 heavy (non-hydrogen) atoms. The summed E-state index contributed by atoms with van der Waals surface area (Å²) < 4.78 is 0.927. The van der Waals surface area contributed by atoms with Crippen LogP contribution < -0.4 is 17.7 Å². The molecule has 0 aliphatic carbocycles.